The molecular weight excluding hydrogens is 284 g/mol. The summed E-state index contributed by atoms with van der Waals surface area (Å²) in [5.74, 6) is 0. The lowest BCUT2D eigenvalue weighted by atomic mass is 10.1. The van der Waals surface area contributed by atoms with Gasteiger partial charge in [-0.05, 0) is 59.8 Å². The fraction of sp³-hybridized carbons (Fsp3) is 0. The Kier molecular flexibility index (Phi) is 5.24. The molecule has 0 aliphatic heterocycles. The van der Waals surface area contributed by atoms with Crippen LogP contribution in [0.5, 0.6) is 0 Å². The van der Waals surface area contributed by atoms with Crippen LogP contribution in [0.15, 0.2) is 58.5 Å². The van der Waals surface area contributed by atoms with Gasteiger partial charge in [0.25, 0.3) is 0 Å². The van der Waals surface area contributed by atoms with E-state index in [1.807, 2.05) is 60.7 Å². The van der Waals surface area contributed by atoms with E-state index in [-0.39, 0.29) is 0 Å². The molecule has 0 saturated heterocycles. The summed E-state index contributed by atoms with van der Waals surface area (Å²) in [6.07, 6.45) is 4.06. The van der Waals surface area contributed by atoms with E-state index in [4.69, 9.17) is 0 Å². The first-order valence-electron chi connectivity index (χ1n) is 5.86. The van der Waals surface area contributed by atoms with Crippen LogP contribution in [0.25, 0.3) is 12.2 Å². The highest BCUT2D eigenvalue weighted by atomic mass is 32.1. The summed E-state index contributed by atoms with van der Waals surface area (Å²) in [7, 11) is 0. The van der Waals surface area contributed by atoms with Crippen LogP contribution in [0.2, 0.25) is 0 Å². The normalized spacial score (nSPS) is 9.80. The second-order valence-corrected chi connectivity index (χ2v) is 4.29. The average Bonchev–Trinajstić information content (AvgIpc) is 2.49. The molecule has 0 saturated carbocycles. The van der Waals surface area contributed by atoms with Gasteiger partial charge in [-0.3, -0.25) is 0 Å². The van der Waals surface area contributed by atoms with Crippen molar-refractivity contribution in [2.45, 2.75) is 0 Å². The number of benzene rings is 2. The van der Waals surface area contributed by atoms with Crippen LogP contribution in [0.4, 0.5) is 11.4 Å². The molecule has 0 atom stereocenters. The lowest BCUT2D eigenvalue weighted by molar-refractivity contribution is 1.53. The third-order valence-corrected chi connectivity index (χ3v) is 2.79. The molecule has 0 amide bonds. The molecule has 0 aliphatic carbocycles. The SMILES string of the molecule is S=C=Nc1ccc(C=Cc2ccc(N=C=S)cc2)cc1. The summed E-state index contributed by atoms with van der Waals surface area (Å²) in [6.45, 7) is 0. The maximum absolute atomic E-state index is 4.56. The first kappa shape index (κ1) is 14.2. The van der Waals surface area contributed by atoms with Crippen LogP contribution in [0.3, 0.4) is 0 Å². The van der Waals surface area contributed by atoms with Gasteiger partial charge in [0.1, 0.15) is 0 Å². The minimum atomic E-state index is 0.805. The zero-order valence-electron chi connectivity index (χ0n) is 10.5. The highest BCUT2D eigenvalue weighted by Gasteiger charge is 1.91. The van der Waals surface area contributed by atoms with Crippen molar-refractivity contribution in [3.8, 4) is 0 Å². The fourth-order valence-electron chi connectivity index (χ4n) is 1.62. The Hall–Kier alpha value is -2.22. The molecule has 96 valence electrons. The Morgan fingerprint density at radius 1 is 0.650 bits per heavy atom. The lowest BCUT2D eigenvalue weighted by Gasteiger charge is -1.96. The Balaban J connectivity index is 2.12. The monoisotopic (exact) mass is 294 g/mol. The number of nitrogens with zero attached hydrogens (tertiary/aromatic N) is 2. The second kappa shape index (κ2) is 7.39. The van der Waals surface area contributed by atoms with Crippen molar-refractivity contribution >= 4 is 58.3 Å². The first-order chi connectivity index (χ1) is 9.81. The summed E-state index contributed by atoms with van der Waals surface area (Å²) in [5, 5.41) is 4.69. The van der Waals surface area contributed by atoms with Crippen molar-refractivity contribution in [3.05, 3.63) is 59.7 Å². The number of hydrogen-bond acceptors (Lipinski definition) is 4. The number of hydrogen-bond donors (Lipinski definition) is 0. The summed E-state index contributed by atoms with van der Waals surface area (Å²) in [4.78, 5) is 7.82. The Morgan fingerprint density at radius 3 is 1.30 bits per heavy atom. The molecular formula is C16H10N2S2. The van der Waals surface area contributed by atoms with Crippen molar-refractivity contribution in [2.75, 3.05) is 0 Å². The first-order valence-corrected chi connectivity index (χ1v) is 6.67. The molecule has 0 unspecified atom stereocenters. The highest BCUT2D eigenvalue weighted by molar-refractivity contribution is 7.78. The van der Waals surface area contributed by atoms with Crippen LogP contribution in [-0.2, 0) is 0 Å². The molecule has 0 aliphatic rings. The van der Waals surface area contributed by atoms with E-state index in [1.165, 1.54) is 0 Å². The molecule has 0 N–H and O–H groups in total. The maximum atomic E-state index is 4.56. The number of isothiocyanates is 2. The molecule has 0 heterocycles. The van der Waals surface area contributed by atoms with Crippen LogP contribution >= 0.6 is 24.4 Å². The van der Waals surface area contributed by atoms with Gasteiger partial charge in [-0.1, -0.05) is 36.4 Å². The lowest BCUT2D eigenvalue weighted by Crippen LogP contribution is -1.73. The largest absolute Gasteiger partial charge is 0.195 e. The molecule has 2 nitrogen and oxygen atoms in total. The van der Waals surface area contributed by atoms with E-state index in [1.54, 1.807) is 0 Å². The van der Waals surface area contributed by atoms with Crippen LogP contribution in [0, 0.1) is 0 Å². The van der Waals surface area contributed by atoms with Crippen molar-refractivity contribution < 1.29 is 0 Å². The minimum Gasteiger partial charge on any atom is -0.195 e. The third-order valence-electron chi connectivity index (χ3n) is 2.60. The van der Waals surface area contributed by atoms with Gasteiger partial charge in [0.05, 0.1) is 21.7 Å². The minimum absolute atomic E-state index is 0.805. The predicted octanol–water partition coefficient (Wildman–Crippen LogP) is 5.33. The predicted molar refractivity (Wildman–Crippen MR) is 91.2 cm³/mol. The number of aliphatic imine (C=N–C) groups is 2. The summed E-state index contributed by atoms with van der Waals surface area (Å²) in [5.41, 5.74) is 3.79. The van der Waals surface area contributed by atoms with Crippen molar-refractivity contribution in [2.24, 2.45) is 9.98 Å². The second-order valence-electron chi connectivity index (χ2n) is 3.92. The van der Waals surface area contributed by atoms with Gasteiger partial charge < -0.3 is 0 Å². The topological polar surface area (TPSA) is 24.7 Å². The summed E-state index contributed by atoms with van der Waals surface area (Å²) in [6, 6.07) is 15.5. The zero-order chi connectivity index (χ0) is 14.2. The summed E-state index contributed by atoms with van der Waals surface area (Å²) >= 11 is 9.12. The molecule has 4 heteroatoms. The summed E-state index contributed by atoms with van der Waals surface area (Å²) < 4.78 is 0. The molecule has 0 radical (unpaired) electrons. The van der Waals surface area contributed by atoms with Gasteiger partial charge in [0, 0.05) is 0 Å². The highest BCUT2D eigenvalue weighted by Crippen LogP contribution is 2.16. The molecule has 0 spiro atoms. The van der Waals surface area contributed by atoms with Crippen LogP contribution < -0.4 is 0 Å². The van der Waals surface area contributed by atoms with Crippen molar-refractivity contribution in [1.29, 1.82) is 0 Å². The third kappa shape index (κ3) is 4.16. The van der Waals surface area contributed by atoms with Gasteiger partial charge in [-0.15, -0.1) is 0 Å². The molecule has 2 rings (SSSR count). The van der Waals surface area contributed by atoms with E-state index in [0.29, 0.717) is 0 Å². The molecule has 2 aromatic carbocycles. The smallest absolute Gasteiger partial charge is 0.0739 e. The van der Waals surface area contributed by atoms with Gasteiger partial charge in [0.15, 0.2) is 0 Å². The van der Waals surface area contributed by atoms with E-state index in [9.17, 15) is 0 Å². The van der Waals surface area contributed by atoms with Gasteiger partial charge in [-0.25, -0.2) is 0 Å². The van der Waals surface area contributed by atoms with Crippen molar-refractivity contribution in [1.82, 2.24) is 0 Å². The van der Waals surface area contributed by atoms with Gasteiger partial charge in [0.2, 0.25) is 0 Å². The van der Waals surface area contributed by atoms with Crippen molar-refractivity contribution in [3.63, 3.8) is 0 Å². The molecule has 2 aromatic rings. The molecule has 0 fully saturated rings. The standard InChI is InChI=1S/C16H10N2S2/c19-11-17-15-7-3-13(4-8-15)1-2-14-5-9-16(10-6-14)18-12-20/h1-10H. The zero-order valence-corrected chi connectivity index (χ0v) is 12.1. The number of thiocarbonyl (C=S) groups is 2. The van der Waals surface area contributed by atoms with Crippen LogP contribution in [-0.4, -0.2) is 10.3 Å². The number of rotatable bonds is 4. The van der Waals surface area contributed by atoms with Gasteiger partial charge in [-0.2, -0.15) is 9.98 Å². The Morgan fingerprint density at radius 2 is 1.00 bits per heavy atom. The van der Waals surface area contributed by atoms with E-state index >= 15 is 0 Å². The van der Waals surface area contributed by atoms with E-state index in [2.05, 4.69) is 44.7 Å². The fourth-order valence-corrected chi connectivity index (χ4v) is 1.83. The van der Waals surface area contributed by atoms with E-state index in [0.717, 1.165) is 22.5 Å². The molecule has 0 aromatic heterocycles. The van der Waals surface area contributed by atoms with E-state index < -0.39 is 0 Å². The molecule has 20 heavy (non-hydrogen) atoms. The van der Waals surface area contributed by atoms with Gasteiger partial charge >= 0.3 is 0 Å². The molecule has 0 bridgehead atoms. The van der Waals surface area contributed by atoms with Crippen LogP contribution in [0.1, 0.15) is 11.1 Å². The maximum Gasteiger partial charge on any atom is 0.0739 e. The Labute approximate surface area is 128 Å². The Bertz CT molecular complexity index is 640. The average molecular weight is 294 g/mol. The quantitative estimate of drug-likeness (QED) is 0.433.